The second-order valence-corrected chi connectivity index (χ2v) is 12.1. The first-order valence-electron chi connectivity index (χ1n) is 12.0. The highest BCUT2D eigenvalue weighted by Gasteiger charge is 2.23. The van der Waals surface area contributed by atoms with E-state index in [0.717, 1.165) is 28.1 Å². The van der Waals surface area contributed by atoms with Crippen molar-refractivity contribution in [3.8, 4) is 5.69 Å². The van der Waals surface area contributed by atoms with Crippen LogP contribution in [-0.2, 0) is 20.4 Å². The van der Waals surface area contributed by atoms with Gasteiger partial charge in [-0.2, -0.15) is 0 Å². The maximum atomic E-state index is 13.1. The van der Waals surface area contributed by atoms with Gasteiger partial charge in [0, 0.05) is 11.4 Å². The van der Waals surface area contributed by atoms with Crippen molar-refractivity contribution in [1.29, 1.82) is 0 Å². The van der Waals surface area contributed by atoms with Crippen molar-refractivity contribution < 1.29 is 13.2 Å². The molecule has 37 heavy (non-hydrogen) atoms. The maximum Gasteiger partial charge on any atom is 0.234 e. The number of carbonyl (C=O) groups is 1. The third kappa shape index (κ3) is 6.29. The van der Waals surface area contributed by atoms with Gasteiger partial charge in [-0.25, -0.2) is 8.42 Å². The van der Waals surface area contributed by atoms with Crippen LogP contribution in [0.2, 0.25) is 0 Å². The second-order valence-electron chi connectivity index (χ2n) is 9.17. The van der Waals surface area contributed by atoms with Crippen LogP contribution in [0.25, 0.3) is 5.69 Å². The smallest absolute Gasteiger partial charge is 0.234 e. The van der Waals surface area contributed by atoms with Crippen molar-refractivity contribution in [1.82, 2.24) is 14.8 Å². The minimum absolute atomic E-state index is 0.0988. The number of hydrogen-bond donors (Lipinski definition) is 1. The third-order valence-corrected chi connectivity index (χ3v) is 8.50. The molecular formula is C28H30N4O3S2. The molecule has 4 aromatic rings. The molecule has 1 aromatic heterocycles. The molecule has 0 radical (unpaired) electrons. The molecule has 0 spiro atoms. The molecule has 0 saturated heterocycles. The molecule has 192 valence electrons. The molecule has 0 unspecified atom stereocenters. The summed E-state index contributed by atoms with van der Waals surface area (Å²) in [5, 5.41) is 12.0. The highest BCUT2D eigenvalue weighted by Crippen LogP contribution is 2.29. The monoisotopic (exact) mass is 534 g/mol. The predicted molar refractivity (Wildman–Crippen MR) is 148 cm³/mol. The Labute approximate surface area is 222 Å². The van der Waals surface area contributed by atoms with Crippen LogP contribution < -0.4 is 5.32 Å². The number of sulfone groups is 1. The van der Waals surface area contributed by atoms with E-state index in [1.165, 1.54) is 11.8 Å². The van der Waals surface area contributed by atoms with Gasteiger partial charge in [0.2, 0.25) is 5.91 Å². The zero-order valence-electron chi connectivity index (χ0n) is 21.3. The van der Waals surface area contributed by atoms with Gasteiger partial charge in [0.1, 0.15) is 5.75 Å². The third-order valence-electron chi connectivity index (χ3n) is 5.94. The highest BCUT2D eigenvalue weighted by atomic mass is 32.2. The fourth-order valence-electron chi connectivity index (χ4n) is 3.97. The Balaban J connectivity index is 1.58. The molecule has 0 atom stereocenters. The first kappa shape index (κ1) is 26.6. The molecule has 0 bridgehead atoms. The number of para-hydroxylation sites is 2. The summed E-state index contributed by atoms with van der Waals surface area (Å²) in [5.41, 5.74) is 4.62. The number of benzene rings is 3. The largest absolute Gasteiger partial charge is 0.325 e. The minimum Gasteiger partial charge on any atom is -0.325 e. The van der Waals surface area contributed by atoms with Crippen molar-refractivity contribution in [2.24, 2.45) is 0 Å². The van der Waals surface area contributed by atoms with Crippen LogP contribution in [0.3, 0.4) is 0 Å². The quantitative estimate of drug-likeness (QED) is 0.276. The summed E-state index contributed by atoms with van der Waals surface area (Å²) in [4.78, 5) is 13.2. The molecule has 9 heteroatoms. The number of thioether (sulfide) groups is 1. The van der Waals surface area contributed by atoms with Gasteiger partial charge in [-0.15, -0.1) is 10.2 Å². The fraction of sp³-hybridized carbons (Fsp3) is 0.250. The molecule has 1 amide bonds. The topological polar surface area (TPSA) is 94.0 Å². The van der Waals surface area contributed by atoms with Gasteiger partial charge >= 0.3 is 0 Å². The highest BCUT2D eigenvalue weighted by molar-refractivity contribution is 7.99. The first-order chi connectivity index (χ1) is 17.7. The molecule has 4 rings (SSSR count). The number of nitrogens with zero attached hydrogens (tertiary/aromatic N) is 3. The summed E-state index contributed by atoms with van der Waals surface area (Å²) in [6.45, 7) is 8.06. The van der Waals surface area contributed by atoms with Crippen LogP contribution in [0.15, 0.2) is 82.8 Å². The Kier molecular flexibility index (Phi) is 8.14. The number of rotatable bonds is 9. The van der Waals surface area contributed by atoms with Crippen molar-refractivity contribution in [3.63, 3.8) is 0 Å². The first-order valence-corrected chi connectivity index (χ1v) is 14.6. The Morgan fingerprint density at radius 2 is 1.65 bits per heavy atom. The molecule has 1 heterocycles. The van der Waals surface area contributed by atoms with Gasteiger partial charge in [-0.1, -0.05) is 79.7 Å². The van der Waals surface area contributed by atoms with Crippen LogP contribution in [-0.4, -0.2) is 34.8 Å². The molecule has 0 saturated carbocycles. The zero-order chi connectivity index (χ0) is 26.6. The lowest BCUT2D eigenvalue weighted by Gasteiger charge is -2.16. The van der Waals surface area contributed by atoms with E-state index in [2.05, 4.69) is 29.4 Å². The lowest BCUT2D eigenvalue weighted by atomic mass is 9.98. The van der Waals surface area contributed by atoms with E-state index in [4.69, 9.17) is 0 Å². The minimum atomic E-state index is -3.65. The van der Waals surface area contributed by atoms with Gasteiger partial charge in [0.25, 0.3) is 0 Å². The fourth-order valence-corrected chi connectivity index (χ4v) is 5.99. The normalized spacial score (nSPS) is 11.6. The summed E-state index contributed by atoms with van der Waals surface area (Å²) >= 11 is 1.22. The maximum absolute atomic E-state index is 13.1. The number of hydrogen-bond acceptors (Lipinski definition) is 6. The van der Waals surface area contributed by atoms with Crippen LogP contribution in [0.4, 0.5) is 5.69 Å². The lowest BCUT2D eigenvalue weighted by molar-refractivity contribution is -0.113. The average Bonchev–Trinajstić information content (AvgIpc) is 3.26. The summed E-state index contributed by atoms with van der Waals surface area (Å²) in [5.74, 6) is 0.170. The molecule has 7 nitrogen and oxygen atoms in total. The van der Waals surface area contributed by atoms with E-state index in [1.54, 1.807) is 28.8 Å². The van der Waals surface area contributed by atoms with E-state index < -0.39 is 9.84 Å². The van der Waals surface area contributed by atoms with Gasteiger partial charge in [0.15, 0.2) is 20.8 Å². The van der Waals surface area contributed by atoms with Crippen LogP contribution in [0, 0.1) is 13.8 Å². The molecule has 0 aliphatic rings. The van der Waals surface area contributed by atoms with Crippen LogP contribution in [0.5, 0.6) is 0 Å². The standard InChI is InChI=1S/C28H30N4O3S2/c1-19(2)24-12-8-9-21(4)27(24)29-26(33)17-36-28-31-30-25(32(28)22-10-6-5-7-11-22)18-37(34,35)23-15-13-20(3)14-16-23/h5-16,19H,17-18H2,1-4H3,(H,29,33). The second kappa shape index (κ2) is 11.3. The molecule has 1 N–H and O–H groups in total. The van der Waals surface area contributed by atoms with Crippen molar-refractivity contribution in [2.45, 2.75) is 49.4 Å². The number of aryl methyl sites for hydroxylation is 2. The Morgan fingerprint density at radius 1 is 0.946 bits per heavy atom. The van der Waals surface area contributed by atoms with Crippen molar-refractivity contribution in [2.75, 3.05) is 11.1 Å². The Morgan fingerprint density at radius 3 is 2.32 bits per heavy atom. The van der Waals surface area contributed by atoms with E-state index in [0.29, 0.717) is 5.16 Å². The number of anilines is 1. The SMILES string of the molecule is Cc1ccc(S(=O)(=O)Cc2nnc(SCC(=O)Nc3c(C)cccc3C(C)C)n2-c2ccccc2)cc1. The lowest BCUT2D eigenvalue weighted by Crippen LogP contribution is -2.17. The molecule has 0 fully saturated rings. The average molecular weight is 535 g/mol. The number of aromatic nitrogens is 3. The van der Waals surface area contributed by atoms with E-state index in [1.807, 2.05) is 62.4 Å². The van der Waals surface area contributed by atoms with Crippen molar-refractivity contribution >= 4 is 33.2 Å². The molecular weight excluding hydrogens is 504 g/mol. The summed E-state index contributed by atoms with van der Waals surface area (Å²) < 4.78 is 28.0. The Bertz CT molecular complexity index is 1500. The van der Waals surface area contributed by atoms with Gasteiger partial charge < -0.3 is 5.32 Å². The summed E-state index contributed by atoms with van der Waals surface area (Å²) in [7, 11) is -3.65. The summed E-state index contributed by atoms with van der Waals surface area (Å²) in [6, 6.07) is 22.1. The zero-order valence-corrected chi connectivity index (χ0v) is 22.9. The van der Waals surface area contributed by atoms with E-state index >= 15 is 0 Å². The molecule has 3 aromatic carbocycles. The molecule has 0 aliphatic heterocycles. The van der Waals surface area contributed by atoms with Gasteiger partial charge in [-0.05, 0) is 55.2 Å². The Hall–Kier alpha value is -3.43. The molecule has 0 aliphatic carbocycles. The number of carbonyl (C=O) groups excluding carboxylic acids is 1. The van der Waals surface area contributed by atoms with E-state index in [-0.39, 0.29) is 34.1 Å². The number of nitrogens with one attached hydrogen (secondary N) is 1. The van der Waals surface area contributed by atoms with E-state index in [9.17, 15) is 13.2 Å². The van der Waals surface area contributed by atoms with Crippen LogP contribution >= 0.6 is 11.8 Å². The van der Waals surface area contributed by atoms with Gasteiger partial charge in [-0.3, -0.25) is 9.36 Å². The number of amides is 1. The predicted octanol–water partition coefficient (Wildman–Crippen LogP) is 5.71. The van der Waals surface area contributed by atoms with Crippen LogP contribution in [0.1, 0.15) is 42.3 Å². The summed E-state index contributed by atoms with van der Waals surface area (Å²) in [6.07, 6.45) is 0. The van der Waals surface area contributed by atoms with Crippen molar-refractivity contribution in [3.05, 3.63) is 95.3 Å². The van der Waals surface area contributed by atoms with Gasteiger partial charge in [0.05, 0.1) is 10.6 Å².